The summed E-state index contributed by atoms with van der Waals surface area (Å²) in [4.78, 5) is 0. The fourth-order valence-electron chi connectivity index (χ4n) is 12.1. The fraction of sp³-hybridized carbons (Fsp3) is 0.481. The van der Waals surface area contributed by atoms with Gasteiger partial charge in [0.2, 0.25) is 0 Å². The molecule has 2 unspecified atom stereocenters. The maximum atomic E-state index is 2.82. The first-order valence-corrected chi connectivity index (χ1v) is 31.2. The average molecular weight is 840 g/mol. The first-order chi connectivity index (χ1) is 26.9. The van der Waals surface area contributed by atoms with E-state index in [1.807, 2.05) is 21.5 Å². The number of hydrogen-bond acceptors (Lipinski definition) is 0. The number of allylic oxidation sites excluding steroid dienone is 2. The minimum atomic E-state index is -3.44. The Balaban J connectivity index is 1.84. The summed E-state index contributed by atoms with van der Waals surface area (Å²) in [5.74, 6) is 1.91. The number of rotatable bonds is 14. The summed E-state index contributed by atoms with van der Waals surface area (Å²) >= 11 is -3.44. The predicted octanol–water partition coefficient (Wildman–Crippen LogP) is 15.3. The van der Waals surface area contributed by atoms with Crippen molar-refractivity contribution in [2.75, 3.05) is 0 Å². The quantitative estimate of drug-likeness (QED) is 0.111. The molecule has 0 saturated heterocycles. The van der Waals surface area contributed by atoms with Crippen molar-refractivity contribution >= 4 is 28.8 Å². The fourth-order valence-corrected chi connectivity index (χ4v) is 37.4. The second-order valence-corrected chi connectivity index (χ2v) is 34.1. The molecule has 2 heteroatoms. The summed E-state index contributed by atoms with van der Waals surface area (Å²) in [5, 5.41) is 6.81. The Morgan fingerprint density at radius 2 is 0.875 bits per heavy atom. The van der Waals surface area contributed by atoms with Crippen LogP contribution in [0.5, 0.6) is 0 Å². The van der Waals surface area contributed by atoms with Crippen LogP contribution in [-0.2, 0) is 20.3 Å². The Hall–Kier alpha value is -2.54. The summed E-state index contributed by atoms with van der Waals surface area (Å²) in [6, 6.07) is 35.3. The molecular weight excluding hydrogens is 768 g/mol. The second kappa shape index (κ2) is 16.6. The third-order valence-electron chi connectivity index (χ3n) is 14.5. The zero-order valence-electron chi connectivity index (χ0n) is 37.2. The van der Waals surface area contributed by atoms with Crippen molar-refractivity contribution in [1.82, 2.24) is 0 Å². The molecule has 0 fully saturated rings. The molecular formula is C54H72SiZr. The van der Waals surface area contributed by atoms with E-state index in [9.17, 15) is 0 Å². The van der Waals surface area contributed by atoms with Crippen LogP contribution in [0, 0.1) is 0 Å². The summed E-state index contributed by atoms with van der Waals surface area (Å²) in [6.07, 6.45) is 7.63. The molecule has 0 nitrogen and oxygen atoms in total. The van der Waals surface area contributed by atoms with E-state index in [1.165, 1.54) is 33.9 Å². The molecule has 4 aromatic carbocycles. The summed E-state index contributed by atoms with van der Waals surface area (Å²) in [5.41, 5.74) is 17.1. The van der Waals surface area contributed by atoms with Gasteiger partial charge in [0, 0.05) is 0 Å². The van der Waals surface area contributed by atoms with Gasteiger partial charge in [-0.15, -0.1) is 0 Å². The zero-order chi connectivity index (χ0) is 40.1. The van der Waals surface area contributed by atoms with Crippen LogP contribution >= 0.6 is 0 Å². The minimum absolute atomic E-state index is 0.452. The van der Waals surface area contributed by atoms with Crippen LogP contribution in [-0.4, -0.2) is 8.07 Å². The Morgan fingerprint density at radius 3 is 1.18 bits per heavy atom. The normalized spacial score (nSPS) is 19.4. The van der Waals surface area contributed by atoms with Crippen molar-refractivity contribution in [2.45, 2.75) is 161 Å². The maximum absolute atomic E-state index is 3.44. The summed E-state index contributed by atoms with van der Waals surface area (Å²) in [6.45, 7) is 29.8. The Labute approximate surface area is 348 Å². The number of fused-ring (bicyclic) bond motifs is 8. The van der Waals surface area contributed by atoms with Crippen molar-refractivity contribution in [3.05, 3.63) is 141 Å². The molecule has 0 N–H and O–H groups in total. The first-order valence-electron chi connectivity index (χ1n) is 22.9. The number of unbranched alkanes of at least 4 members (excludes halogenated alkanes) is 2. The third-order valence-corrected chi connectivity index (χ3v) is 34.8. The van der Waals surface area contributed by atoms with Gasteiger partial charge in [0.25, 0.3) is 0 Å². The molecule has 0 spiro atoms. The molecule has 1 heterocycles. The van der Waals surface area contributed by atoms with Crippen LogP contribution in [0.2, 0.25) is 8.26 Å². The van der Waals surface area contributed by atoms with Crippen LogP contribution in [0.3, 0.4) is 0 Å². The Kier molecular flexibility index (Phi) is 12.3. The van der Waals surface area contributed by atoms with Crippen LogP contribution in [0.1, 0.15) is 197 Å². The van der Waals surface area contributed by atoms with E-state index in [0.717, 1.165) is 12.8 Å². The van der Waals surface area contributed by atoms with Gasteiger partial charge in [-0.1, -0.05) is 0 Å². The van der Waals surface area contributed by atoms with Gasteiger partial charge in [0.05, 0.1) is 0 Å². The van der Waals surface area contributed by atoms with Crippen LogP contribution in [0.15, 0.2) is 96.1 Å². The Bertz CT molecular complexity index is 1960. The SMILES string of the molecule is CCC[CH2][Zr]1([CH2]CCC)[CH]2C(CC)=C(c3c(C(C)C)cc(C(C)C)cc32)[Si](c2ccccc2)(c2ccccc2)C2=C(CC)[CH]1c1cc(C(C)C)cc(C(C)C)c12. The van der Waals surface area contributed by atoms with E-state index >= 15 is 0 Å². The molecule has 1 aliphatic heterocycles. The van der Waals surface area contributed by atoms with Crippen LogP contribution in [0.25, 0.3) is 10.4 Å². The first kappa shape index (κ1) is 41.6. The van der Waals surface area contributed by atoms with Gasteiger partial charge >= 0.3 is 350 Å². The van der Waals surface area contributed by atoms with Gasteiger partial charge < -0.3 is 0 Å². The molecule has 2 atom stereocenters. The van der Waals surface area contributed by atoms with Crippen molar-refractivity contribution in [1.29, 1.82) is 0 Å². The topological polar surface area (TPSA) is 0 Å². The number of benzene rings is 4. The molecule has 56 heavy (non-hydrogen) atoms. The molecule has 0 aromatic heterocycles. The Morgan fingerprint density at radius 1 is 0.500 bits per heavy atom. The zero-order valence-corrected chi connectivity index (χ0v) is 40.7. The van der Waals surface area contributed by atoms with Gasteiger partial charge in [0.15, 0.2) is 0 Å². The van der Waals surface area contributed by atoms with E-state index in [2.05, 4.69) is 168 Å². The van der Waals surface area contributed by atoms with E-state index in [1.54, 1.807) is 54.9 Å². The molecule has 7 rings (SSSR count). The summed E-state index contributed by atoms with van der Waals surface area (Å²) < 4.78 is 4.20. The van der Waals surface area contributed by atoms with E-state index < -0.39 is 28.3 Å². The molecule has 296 valence electrons. The van der Waals surface area contributed by atoms with Gasteiger partial charge in [-0.3, -0.25) is 0 Å². The van der Waals surface area contributed by atoms with Crippen molar-refractivity contribution < 1.29 is 20.3 Å². The summed E-state index contributed by atoms with van der Waals surface area (Å²) in [7, 11) is -2.94. The third kappa shape index (κ3) is 6.37. The standard InChI is InChI=1S/C46H54Si.2C4H9.Zr/c1-11-33-23-37-25-35(29(3)4)27-41(31(7)8)43(37)45(33)47(39-19-15-13-16-20-39,40-21-17-14-18-22-40)46-34(12-2)24-38-26-36(30(5)6)28-42(32(9)10)44(38)46;2*1-3-4-2;/h13-32H,11-12H2,1-10H3;2*1,3-4H2,2H3;. The molecule has 0 saturated carbocycles. The van der Waals surface area contributed by atoms with Crippen molar-refractivity contribution in [2.24, 2.45) is 0 Å². The van der Waals surface area contributed by atoms with Gasteiger partial charge in [0.1, 0.15) is 0 Å². The van der Waals surface area contributed by atoms with Gasteiger partial charge in [-0.05, 0) is 0 Å². The molecule has 0 amide bonds. The van der Waals surface area contributed by atoms with Crippen LogP contribution < -0.4 is 10.4 Å². The molecule has 4 aromatic rings. The number of hydrogen-bond donors (Lipinski definition) is 0. The van der Waals surface area contributed by atoms with Crippen molar-refractivity contribution in [3.8, 4) is 0 Å². The monoisotopic (exact) mass is 838 g/mol. The molecule has 4 bridgehead atoms. The van der Waals surface area contributed by atoms with E-state index in [0.29, 0.717) is 30.9 Å². The van der Waals surface area contributed by atoms with Gasteiger partial charge in [-0.2, -0.15) is 0 Å². The molecule has 2 aliphatic carbocycles. The second-order valence-electron chi connectivity index (χ2n) is 19.1. The molecule has 0 radical (unpaired) electrons. The van der Waals surface area contributed by atoms with Crippen LogP contribution in [0.4, 0.5) is 0 Å². The van der Waals surface area contributed by atoms with E-state index in [-0.39, 0.29) is 0 Å². The average Bonchev–Trinajstić information content (AvgIpc) is 3.73. The van der Waals surface area contributed by atoms with Gasteiger partial charge in [-0.25, -0.2) is 0 Å². The predicted molar refractivity (Wildman–Crippen MR) is 246 cm³/mol. The van der Waals surface area contributed by atoms with E-state index in [4.69, 9.17) is 0 Å². The van der Waals surface area contributed by atoms with Crippen molar-refractivity contribution in [3.63, 3.8) is 0 Å². The molecule has 3 aliphatic rings.